The van der Waals surface area contributed by atoms with Gasteiger partial charge in [0.05, 0.1) is 24.5 Å². The van der Waals surface area contributed by atoms with Crippen molar-refractivity contribution in [2.75, 3.05) is 13.2 Å². The van der Waals surface area contributed by atoms with E-state index in [1.807, 2.05) is 6.92 Å². The Hall–Kier alpha value is -2.34. The Balaban J connectivity index is 1.84. The first kappa shape index (κ1) is 14.6. The van der Waals surface area contributed by atoms with Crippen LogP contribution in [0, 0.1) is 6.92 Å². The van der Waals surface area contributed by atoms with Gasteiger partial charge in [-0.25, -0.2) is 4.79 Å². The quantitative estimate of drug-likeness (QED) is 0.941. The van der Waals surface area contributed by atoms with Crippen molar-refractivity contribution in [2.45, 2.75) is 13.5 Å². The summed E-state index contributed by atoms with van der Waals surface area (Å²) in [6, 6.07) is 6.77. The molecular weight excluding hydrogens is 306 g/mol. The number of carbonyl (C=O) groups is 1. The second-order valence-corrected chi connectivity index (χ2v) is 5.50. The second-order valence-electron chi connectivity index (χ2n) is 5.06. The number of rotatable bonds is 3. The third-order valence-electron chi connectivity index (χ3n) is 3.45. The van der Waals surface area contributed by atoms with Gasteiger partial charge in [-0.2, -0.15) is 10.2 Å². The molecule has 0 aliphatic carbocycles. The van der Waals surface area contributed by atoms with Crippen LogP contribution in [-0.2, 0) is 11.3 Å². The van der Waals surface area contributed by atoms with Crippen molar-refractivity contribution in [3.8, 4) is 17.0 Å². The van der Waals surface area contributed by atoms with Crippen LogP contribution < -0.4 is 0 Å². The van der Waals surface area contributed by atoms with Crippen LogP contribution in [0.15, 0.2) is 24.3 Å². The summed E-state index contributed by atoms with van der Waals surface area (Å²) in [7, 11) is 0. The molecule has 3 rings (SSSR count). The Bertz CT molecular complexity index is 695. The molecule has 1 fully saturated rings. The van der Waals surface area contributed by atoms with Gasteiger partial charge in [0, 0.05) is 10.6 Å². The maximum absolute atomic E-state index is 11.4. The summed E-state index contributed by atoms with van der Waals surface area (Å²) in [6.07, 6.45) is -0.336. The Morgan fingerprint density at radius 1 is 1.36 bits per heavy atom. The maximum atomic E-state index is 11.4. The van der Waals surface area contributed by atoms with Crippen LogP contribution in [0.3, 0.4) is 0 Å². The minimum atomic E-state index is -0.336. The zero-order valence-corrected chi connectivity index (χ0v) is 12.7. The fourth-order valence-electron chi connectivity index (χ4n) is 2.40. The van der Waals surface area contributed by atoms with Crippen molar-refractivity contribution in [1.29, 1.82) is 0 Å². The number of amides is 1. The number of phenols is 1. The maximum Gasteiger partial charge on any atom is 0.410 e. The average molecular weight is 320 g/mol. The minimum Gasteiger partial charge on any atom is -0.507 e. The number of benzene rings is 1. The Morgan fingerprint density at radius 3 is 2.77 bits per heavy atom. The van der Waals surface area contributed by atoms with Crippen LogP contribution in [0.2, 0.25) is 5.02 Å². The van der Waals surface area contributed by atoms with Crippen molar-refractivity contribution < 1.29 is 14.6 Å². The molecule has 2 heterocycles. The van der Waals surface area contributed by atoms with Gasteiger partial charge in [0.2, 0.25) is 0 Å². The van der Waals surface area contributed by atoms with Crippen molar-refractivity contribution in [3.63, 3.8) is 0 Å². The number of aryl methyl sites for hydroxylation is 1. The zero-order chi connectivity index (χ0) is 15.7. The van der Waals surface area contributed by atoms with Gasteiger partial charge in [-0.1, -0.05) is 11.6 Å². The minimum absolute atomic E-state index is 0.0650. The third kappa shape index (κ3) is 2.82. The van der Waals surface area contributed by atoms with E-state index in [2.05, 4.69) is 10.2 Å². The predicted molar refractivity (Wildman–Crippen MR) is 80.6 cm³/mol. The summed E-state index contributed by atoms with van der Waals surface area (Å²) < 4.78 is 4.87. The molecule has 0 bridgehead atoms. The number of hydrogen-bond donors (Lipinski definition) is 1. The van der Waals surface area contributed by atoms with Crippen LogP contribution in [0.1, 0.15) is 11.3 Å². The van der Waals surface area contributed by atoms with Crippen molar-refractivity contribution in [3.05, 3.63) is 40.5 Å². The smallest absolute Gasteiger partial charge is 0.410 e. The molecule has 0 radical (unpaired) electrons. The monoisotopic (exact) mass is 319 g/mol. The van der Waals surface area contributed by atoms with Crippen molar-refractivity contribution in [1.82, 2.24) is 15.1 Å². The van der Waals surface area contributed by atoms with E-state index in [1.54, 1.807) is 23.1 Å². The molecule has 2 aromatic rings. The molecule has 1 amide bonds. The number of nitrogens with zero attached hydrogens (tertiary/aromatic N) is 3. The Labute approximate surface area is 132 Å². The van der Waals surface area contributed by atoms with Crippen LogP contribution >= 0.6 is 11.6 Å². The number of carbonyl (C=O) groups excluding carboxylic acids is 1. The summed E-state index contributed by atoms with van der Waals surface area (Å²) in [4.78, 5) is 13.0. The molecule has 1 aromatic heterocycles. The van der Waals surface area contributed by atoms with E-state index in [0.29, 0.717) is 41.7 Å². The highest BCUT2D eigenvalue weighted by atomic mass is 35.5. The first-order valence-electron chi connectivity index (χ1n) is 6.78. The Morgan fingerprint density at radius 2 is 2.18 bits per heavy atom. The molecule has 22 heavy (non-hydrogen) atoms. The van der Waals surface area contributed by atoms with Gasteiger partial charge in [-0.3, -0.25) is 4.90 Å². The molecule has 6 nitrogen and oxygen atoms in total. The number of phenolic OH excluding ortho intramolecular Hbond substituents is 1. The van der Waals surface area contributed by atoms with Crippen molar-refractivity contribution >= 4 is 17.7 Å². The summed E-state index contributed by atoms with van der Waals surface area (Å²) in [5, 5.41) is 18.8. The normalized spacial score (nSPS) is 14.3. The SMILES string of the molecule is Cc1cc(Cl)cc(O)c1-c1ccc(CN2CCOC2=O)nn1. The lowest BCUT2D eigenvalue weighted by molar-refractivity contribution is 0.157. The van der Waals surface area contributed by atoms with E-state index in [1.165, 1.54) is 6.07 Å². The first-order chi connectivity index (χ1) is 10.5. The van der Waals surface area contributed by atoms with E-state index >= 15 is 0 Å². The Kier molecular flexibility index (Phi) is 3.85. The fourth-order valence-corrected chi connectivity index (χ4v) is 2.67. The van der Waals surface area contributed by atoms with Crippen LogP contribution in [0.4, 0.5) is 4.79 Å². The molecule has 0 atom stereocenters. The van der Waals surface area contributed by atoms with Gasteiger partial charge in [-0.05, 0) is 36.8 Å². The number of aromatic hydroxyl groups is 1. The van der Waals surface area contributed by atoms with E-state index in [9.17, 15) is 9.90 Å². The summed E-state index contributed by atoms with van der Waals surface area (Å²) in [5.41, 5.74) is 2.63. The molecular formula is C15H14ClN3O3. The van der Waals surface area contributed by atoms with Crippen LogP contribution in [0.5, 0.6) is 5.75 Å². The van der Waals surface area contributed by atoms with Crippen LogP contribution in [-0.4, -0.2) is 39.4 Å². The number of aromatic nitrogens is 2. The topological polar surface area (TPSA) is 75.6 Å². The lowest BCUT2D eigenvalue weighted by Crippen LogP contribution is -2.24. The summed E-state index contributed by atoms with van der Waals surface area (Å²) >= 11 is 5.90. The second kappa shape index (κ2) is 5.81. The molecule has 0 unspecified atom stereocenters. The lowest BCUT2D eigenvalue weighted by Gasteiger charge is -2.12. The van der Waals surface area contributed by atoms with Gasteiger partial charge in [-0.15, -0.1) is 0 Å². The lowest BCUT2D eigenvalue weighted by atomic mass is 10.0. The van der Waals surface area contributed by atoms with Gasteiger partial charge < -0.3 is 9.84 Å². The molecule has 1 aliphatic rings. The molecule has 1 aromatic carbocycles. The van der Waals surface area contributed by atoms with E-state index in [4.69, 9.17) is 16.3 Å². The largest absolute Gasteiger partial charge is 0.507 e. The average Bonchev–Trinajstić information content (AvgIpc) is 2.85. The number of cyclic esters (lactones) is 1. The van der Waals surface area contributed by atoms with E-state index < -0.39 is 0 Å². The van der Waals surface area contributed by atoms with Gasteiger partial charge in [0.25, 0.3) is 0 Å². The highest BCUT2D eigenvalue weighted by Crippen LogP contribution is 2.33. The molecule has 7 heteroatoms. The van der Waals surface area contributed by atoms with Gasteiger partial charge >= 0.3 is 6.09 Å². The highest BCUT2D eigenvalue weighted by molar-refractivity contribution is 6.31. The number of halogens is 1. The van der Waals surface area contributed by atoms with Gasteiger partial charge in [0.15, 0.2) is 0 Å². The first-order valence-corrected chi connectivity index (χ1v) is 7.16. The standard InChI is InChI=1S/C15H14ClN3O3/c1-9-6-10(16)7-13(20)14(9)12-3-2-11(17-18-12)8-19-4-5-22-15(19)21/h2-3,6-7,20H,4-5,8H2,1H3. The molecule has 0 saturated carbocycles. The zero-order valence-electron chi connectivity index (χ0n) is 11.9. The highest BCUT2D eigenvalue weighted by Gasteiger charge is 2.22. The van der Waals surface area contributed by atoms with Crippen molar-refractivity contribution in [2.24, 2.45) is 0 Å². The summed E-state index contributed by atoms with van der Waals surface area (Å²) in [6.45, 7) is 3.16. The third-order valence-corrected chi connectivity index (χ3v) is 3.67. The fraction of sp³-hybridized carbons (Fsp3) is 0.267. The molecule has 1 N–H and O–H groups in total. The predicted octanol–water partition coefficient (Wildman–Crippen LogP) is 2.76. The molecule has 1 saturated heterocycles. The molecule has 1 aliphatic heterocycles. The van der Waals surface area contributed by atoms with E-state index in [-0.39, 0.29) is 11.8 Å². The van der Waals surface area contributed by atoms with E-state index in [0.717, 1.165) is 5.56 Å². The molecule has 114 valence electrons. The molecule has 0 spiro atoms. The number of ether oxygens (including phenoxy) is 1. The van der Waals surface area contributed by atoms with Crippen LogP contribution in [0.25, 0.3) is 11.3 Å². The van der Waals surface area contributed by atoms with Gasteiger partial charge in [0.1, 0.15) is 12.4 Å². The number of hydrogen-bond acceptors (Lipinski definition) is 5. The summed E-state index contributed by atoms with van der Waals surface area (Å²) in [5.74, 6) is 0.0650.